The van der Waals surface area contributed by atoms with E-state index in [-0.39, 0.29) is 18.0 Å². The fourth-order valence-corrected chi connectivity index (χ4v) is 3.00. The van der Waals surface area contributed by atoms with Crippen LogP contribution in [0.3, 0.4) is 0 Å². The summed E-state index contributed by atoms with van der Waals surface area (Å²) >= 11 is 0. The smallest absolute Gasteiger partial charge is 0.247 e. The predicted molar refractivity (Wildman–Crippen MR) is 67.1 cm³/mol. The summed E-state index contributed by atoms with van der Waals surface area (Å²) in [4.78, 5) is 0.226. The Balaban J connectivity index is 3.20. The quantitative estimate of drug-likeness (QED) is 0.715. The second-order valence-corrected chi connectivity index (χ2v) is 5.52. The Morgan fingerprint density at radius 2 is 1.94 bits per heavy atom. The molecule has 17 heavy (non-hydrogen) atoms. The lowest BCUT2D eigenvalue weighted by molar-refractivity contribution is 0.473. The first-order valence-corrected chi connectivity index (χ1v) is 6.59. The van der Waals surface area contributed by atoms with Gasteiger partial charge in [0, 0.05) is 20.1 Å². The molecule has 0 N–H and O–H groups in total. The van der Waals surface area contributed by atoms with Crippen molar-refractivity contribution in [1.82, 2.24) is 14.1 Å². The van der Waals surface area contributed by atoms with Crippen LogP contribution in [0, 0.1) is 6.92 Å². The number of rotatable bonds is 6. The van der Waals surface area contributed by atoms with Crippen LogP contribution in [0.15, 0.2) is 36.4 Å². The van der Waals surface area contributed by atoms with Crippen molar-refractivity contribution in [3.63, 3.8) is 0 Å². The molecule has 0 saturated carbocycles. The molecule has 0 bridgehead atoms. The molecule has 0 radical (unpaired) electrons. The van der Waals surface area contributed by atoms with Gasteiger partial charge in [0.05, 0.1) is 11.9 Å². The third-order valence-corrected chi connectivity index (χ3v) is 4.41. The first-order chi connectivity index (χ1) is 7.95. The molecule has 0 spiro atoms. The van der Waals surface area contributed by atoms with E-state index in [9.17, 15) is 8.42 Å². The lowest BCUT2D eigenvalue weighted by atomic mass is 10.5. The average molecular weight is 255 g/mol. The van der Waals surface area contributed by atoms with Crippen LogP contribution < -0.4 is 0 Å². The number of hydrogen-bond donors (Lipinski definition) is 0. The molecule has 0 aliphatic heterocycles. The van der Waals surface area contributed by atoms with Gasteiger partial charge in [-0.3, -0.25) is 4.68 Å². The highest BCUT2D eigenvalue weighted by molar-refractivity contribution is 7.89. The van der Waals surface area contributed by atoms with Gasteiger partial charge in [0.2, 0.25) is 10.0 Å². The van der Waals surface area contributed by atoms with Crippen LogP contribution in [0.2, 0.25) is 0 Å². The molecular weight excluding hydrogens is 238 g/mol. The van der Waals surface area contributed by atoms with E-state index in [0.717, 1.165) is 0 Å². The number of sulfonamides is 1. The van der Waals surface area contributed by atoms with Crippen LogP contribution in [0.4, 0.5) is 0 Å². The summed E-state index contributed by atoms with van der Waals surface area (Å²) in [6, 6.07) is 0. The number of aromatic nitrogens is 2. The molecule has 0 fully saturated rings. The summed E-state index contributed by atoms with van der Waals surface area (Å²) < 4.78 is 27.5. The van der Waals surface area contributed by atoms with Gasteiger partial charge in [0.15, 0.2) is 0 Å². The molecule has 0 aliphatic rings. The second kappa shape index (κ2) is 5.29. The zero-order valence-corrected chi connectivity index (χ0v) is 10.9. The third-order valence-electron chi connectivity index (χ3n) is 2.47. The number of hydrogen-bond acceptors (Lipinski definition) is 3. The maximum Gasteiger partial charge on any atom is 0.247 e. The van der Waals surface area contributed by atoms with Crippen LogP contribution in [-0.4, -0.2) is 35.6 Å². The summed E-state index contributed by atoms with van der Waals surface area (Å²) in [5.41, 5.74) is 0.614. The second-order valence-electron chi connectivity index (χ2n) is 3.62. The van der Waals surface area contributed by atoms with Crippen molar-refractivity contribution in [3.8, 4) is 0 Å². The molecule has 0 aromatic carbocycles. The number of nitrogens with zero attached hydrogens (tertiary/aromatic N) is 3. The van der Waals surface area contributed by atoms with Gasteiger partial charge in [-0.25, -0.2) is 8.42 Å². The monoisotopic (exact) mass is 255 g/mol. The zero-order valence-electron chi connectivity index (χ0n) is 10.1. The Bertz CT molecular complexity index is 507. The molecule has 1 aromatic heterocycles. The van der Waals surface area contributed by atoms with E-state index in [2.05, 4.69) is 18.3 Å². The van der Waals surface area contributed by atoms with Gasteiger partial charge in [-0.2, -0.15) is 9.40 Å². The lowest BCUT2D eigenvalue weighted by Crippen LogP contribution is -2.31. The summed E-state index contributed by atoms with van der Waals surface area (Å²) in [6.45, 7) is 9.34. The summed E-state index contributed by atoms with van der Waals surface area (Å²) in [5, 5.41) is 3.94. The van der Waals surface area contributed by atoms with E-state index in [0.29, 0.717) is 5.69 Å². The predicted octanol–water partition coefficient (Wildman–Crippen LogP) is 1.09. The molecule has 94 valence electrons. The standard InChI is InChI=1S/C11H17N3O2S/c1-5-7-14(8-6-2)17(15,16)11-9-12-13(4)10(11)3/h5-6,9H,1-2,7-8H2,3-4H3. The normalized spacial score (nSPS) is 11.7. The number of aryl methyl sites for hydroxylation is 1. The van der Waals surface area contributed by atoms with Crippen molar-refractivity contribution < 1.29 is 8.42 Å². The first kappa shape index (κ1) is 13.7. The van der Waals surface area contributed by atoms with Crippen molar-refractivity contribution in [3.05, 3.63) is 37.2 Å². The molecule has 0 aliphatic carbocycles. The third kappa shape index (κ3) is 2.65. The first-order valence-electron chi connectivity index (χ1n) is 5.15. The van der Waals surface area contributed by atoms with Crippen LogP contribution in [0.1, 0.15) is 5.69 Å². The van der Waals surface area contributed by atoms with E-state index in [1.165, 1.54) is 15.2 Å². The van der Waals surface area contributed by atoms with Crippen LogP contribution in [0.5, 0.6) is 0 Å². The van der Waals surface area contributed by atoms with E-state index < -0.39 is 10.0 Å². The summed E-state index contributed by atoms with van der Waals surface area (Å²) in [5.74, 6) is 0. The Morgan fingerprint density at radius 3 is 2.29 bits per heavy atom. The molecule has 0 unspecified atom stereocenters. The highest BCUT2D eigenvalue weighted by atomic mass is 32.2. The molecule has 0 atom stereocenters. The summed E-state index contributed by atoms with van der Waals surface area (Å²) in [7, 11) is -1.82. The minimum atomic E-state index is -3.53. The highest BCUT2D eigenvalue weighted by Gasteiger charge is 2.26. The lowest BCUT2D eigenvalue weighted by Gasteiger charge is -2.18. The van der Waals surface area contributed by atoms with Crippen molar-refractivity contribution in [2.24, 2.45) is 7.05 Å². The van der Waals surface area contributed by atoms with Crippen LogP contribution in [0.25, 0.3) is 0 Å². The average Bonchev–Trinajstić information content (AvgIpc) is 2.60. The molecule has 6 heteroatoms. The molecule has 1 aromatic rings. The van der Waals surface area contributed by atoms with Gasteiger partial charge in [-0.05, 0) is 6.92 Å². The zero-order chi connectivity index (χ0) is 13.1. The van der Waals surface area contributed by atoms with Crippen molar-refractivity contribution in [1.29, 1.82) is 0 Å². The van der Waals surface area contributed by atoms with Gasteiger partial charge in [-0.1, -0.05) is 12.2 Å². The molecule has 1 heterocycles. The Morgan fingerprint density at radius 1 is 1.41 bits per heavy atom. The van der Waals surface area contributed by atoms with Crippen LogP contribution in [-0.2, 0) is 17.1 Å². The minimum absolute atomic E-state index is 0.226. The summed E-state index contributed by atoms with van der Waals surface area (Å²) in [6.07, 6.45) is 4.46. The molecule has 1 rings (SSSR count). The topological polar surface area (TPSA) is 55.2 Å². The van der Waals surface area contributed by atoms with Crippen molar-refractivity contribution >= 4 is 10.0 Å². The van der Waals surface area contributed by atoms with Gasteiger partial charge in [0.1, 0.15) is 4.90 Å². The largest absolute Gasteiger partial charge is 0.272 e. The van der Waals surface area contributed by atoms with Gasteiger partial charge in [-0.15, -0.1) is 13.2 Å². The van der Waals surface area contributed by atoms with Gasteiger partial charge in [0.25, 0.3) is 0 Å². The fraction of sp³-hybridized carbons (Fsp3) is 0.364. The Labute approximate surface area is 102 Å². The molecule has 5 nitrogen and oxygen atoms in total. The highest BCUT2D eigenvalue weighted by Crippen LogP contribution is 2.18. The fourth-order valence-electron chi connectivity index (χ4n) is 1.43. The maximum absolute atomic E-state index is 12.3. The van der Waals surface area contributed by atoms with E-state index in [1.807, 2.05) is 0 Å². The Hall–Kier alpha value is -1.40. The van der Waals surface area contributed by atoms with Crippen molar-refractivity contribution in [2.45, 2.75) is 11.8 Å². The Kier molecular flexibility index (Phi) is 4.25. The molecule has 0 saturated heterocycles. The van der Waals surface area contributed by atoms with Crippen LogP contribution >= 0.6 is 0 Å². The van der Waals surface area contributed by atoms with Gasteiger partial charge < -0.3 is 0 Å². The molecular formula is C11H17N3O2S. The van der Waals surface area contributed by atoms with Crippen molar-refractivity contribution in [2.75, 3.05) is 13.1 Å². The van der Waals surface area contributed by atoms with E-state index in [4.69, 9.17) is 0 Å². The van der Waals surface area contributed by atoms with E-state index in [1.54, 1.807) is 26.1 Å². The minimum Gasteiger partial charge on any atom is -0.272 e. The SMILES string of the molecule is C=CCN(CC=C)S(=O)(=O)c1cnn(C)c1C. The van der Waals surface area contributed by atoms with E-state index >= 15 is 0 Å². The maximum atomic E-state index is 12.3. The van der Waals surface area contributed by atoms with Gasteiger partial charge >= 0.3 is 0 Å². The molecule has 0 amide bonds.